The summed E-state index contributed by atoms with van der Waals surface area (Å²) in [7, 11) is 1.64. The van der Waals surface area contributed by atoms with E-state index in [0.717, 1.165) is 30.6 Å². The summed E-state index contributed by atoms with van der Waals surface area (Å²) in [5, 5.41) is 3.47. The quantitative estimate of drug-likeness (QED) is 0.684. The van der Waals surface area contributed by atoms with Gasteiger partial charge >= 0.3 is 0 Å². The second kappa shape index (κ2) is 9.01. The second-order valence-electron chi connectivity index (χ2n) is 7.79. The Morgan fingerprint density at radius 1 is 1.15 bits per heavy atom. The summed E-state index contributed by atoms with van der Waals surface area (Å²) >= 11 is 0. The van der Waals surface area contributed by atoms with Gasteiger partial charge in [-0.1, -0.05) is 32.9 Å². The van der Waals surface area contributed by atoms with Gasteiger partial charge in [-0.25, -0.2) is 4.98 Å². The van der Waals surface area contributed by atoms with Gasteiger partial charge < -0.3 is 20.5 Å². The van der Waals surface area contributed by atoms with Crippen molar-refractivity contribution in [3.05, 3.63) is 47.7 Å². The van der Waals surface area contributed by atoms with Crippen molar-refractivity contribution in [1.29, 1.82) is 0 Å². The molecule has 1 unspecified atom stereocenters. The van der Waals surface area contributed by atoms with Crippen molar-refractivity contribution in [2.45, 2.75) is 46.7 Å². The number of rotatable bonds is 8. The van der Waals surface area contributed by atoms with Crippen molar-refractivity contribution in [1.82, 2.24) is 10.3 Å². The molecule has 0 saturated heterocycles. The van der Waals surface area contributed by atoms with Crippen LogP contribution in [0.1, 0.15) is 51.3 Å². The third kappa shape index (κ3) is 6.32. The number of methoxy groups -OCH3 is 1. The lowest BCUT2D eigenvalue weighted by Gasteiger charge is -2.18. The maximum atomic E-state index is 5.86. The predicted molar refractivity (Wildman–Crippen MR) is 106 cm³/mol. The van der Waals surface area contributed by atoms with Crippen LogP contribution < -0.4 is 20.5 Å². The van der Waals surface area contributed by atoms with E-state index in [1.54, 1.807) is 13.3 Å². The zero-order chi connectivity index (χ0) is 19.2. The van der Waals surface area contributed by atoms with Crippen LogP contribution in [0.5, 0.6) is 17.4 Å². The monoisotopic (exact) mass is 357 g/mol. The molecule has 1 aromatic heterocycles. The van der Waals surface area contributed by atoms with Crippen molar-refractivity contribution >= 4 is 0 Å². The zero-order valence-corrected chi connectivity index (χ0v) is 16.5. The van der Waals surface area contributed by atoms with E-state index < -0.39 is 0 Å². The molecular formula is C21H31N3O2. The summed E-state index contributed by atoms with van der Waals surface area (Å²) in [6.45, 7) is 10.5. The molecule has 2 rings (SSSR count). The van der Waals surface area contributed by atoms with Crippen LogP contribution in [0.15, 0.2) is 36.5 Å². The minimum atomic E-state index is -0.0452. The lowest BCUT2D eigenvalue weighted by atomic mass is 9.92. The molecule has 1 heterocycles. The van der Waals surface area contributed by atoms with E-state index in [9.17, 15) is 0 Å². The van der Waals surface area contributed by atoms with Crippen LogP contribution in [-0.4, -0.2) is 18.6 Å². The molecule has 0 spiro atoms. The molecule has 26 heavy (non-hydrogen) atoms. The molecular weight excluding hydrogens is 326 g/mol. The lowest BCUT2D eigenvalue weighted by Crippen LogP contribution is -2.20. The number of benzene rings is 1. The third-order valence-electron chi connectivity index (χ3n) is 4.11. The molecule has 0 bridgehead atoms. The molecule has 5 heteroatoms. The Labute approximate surface area is 156 Å². The maximum Gasteiger partial charge on any atom is 0.219 e. The number of nitrogens with two attached hydrogens (primary N) is 1. The fraction of sp³-hybridized carbons (Fsp3) is 0.476. The molecule has 0 aliphatic carbocycles. The van der Waals surface area contributed by atoms with E-state index in [2.05, 4.69) is 31.1 Å². The number of hydrogen-bond acceptors (Lipinski definition) is 5. The van der Waals surface area contributed by atoms with E-state index in [4.69, 9.17) is 15.2 Å². The summed E-state index contributed by atoms with van der Waals surface area (Å²) < 4.78 is 11.3. The molecule has 0 radical (unpaired) electrons. The average Bonchev–Trinajstić information content (AvgIpc) is 2.59. The minimum Gasteiger partial charge on any atom is -0.493 e. The summed E-state index contributed by atoms with van der Waals surface area (Å²) in [5.74, 6) is 1.86. The molecule has 2 aromatic rings. The van der Waals surface area contributed by atoms with Crippen molar-refractivity contribution in [3.63, 3.8) is 0 Å². The SMILES string of the molecule is COc1cc(CNCCC(C)(C)C)ccc1Oc1ccc(C(C)N)cn1. The first-order valence-electron chi connectivity index (χ1n) is 9.05. The van der Waals surface area contributed by atoms with Gasteiger partial charge in [0.2, 0.25) is 5.88 Å². The molecule has 0 fully saturated rings. The molecule has 0 saturated carbocycles. The van der Waals surface area contributed by atoms with Crippen LogP contribution in [0, 0.1) is 5.41 Å². The number of aromatic nitrogens is 1. The van der Waals surface area contributed by atoms with Crippen LogP contribution in [-0.2, 0) is 6.54 Å². The third-order valence-corrected chi connectivity index (χ3v) is 4.11. The normalized spacial score (nSPS) is 12.7. The standard InChI is InChI=1S/C21H31N3O2/c1-15(22)17-7-9-20(24-14-17)26-18-8-6-16(12-19(18)25-5)13-23-11-10-21(2,3)4/h6-9,12,14-15,23H,10-11,13,22H2,1-5H3. The second-order valence-corrected chi connectivity index (χ2v) is 7.79. The summed E-state index contributed by atoms with van der Waals surface area (Å²) in [4.78, 5) is 4.31. The van der Waals surface area contributed by atoms with Crippen LogP contribution in [0.2, 0.25) is 0 Å². The summed E-state index contributed by atoms with van der Waals surface area (Å²) in [6, 6.07) is 9.65. The first-order valence-corrected chi connectivity index (χ1v) is 9.05. The molecule has 1 aromatic carbocycles. The number of nitrogens with zero attached hydrogens (tertiary/aromatic N) is 1. The Balaban J connectivity index is 1.99. The smallest absolute Gasteiger partial charge is 0.219 e. The predicted octanol–water partition coefficient (Wildman–Crippen LogP) is 4.43. The van der Waals surface area contributed by atoms with Gasteiger partial charge in [0, 0.05) is 24.8 Å². The van der Waals surface area contributed by atoms with Gasteiger partial charge in [0.1, 0.15) is 0 Å². The van der Waals surface area contributed by atoms with Gasteiger partial charge in [-0.2, -0.15) is 0 Å². The van der Waals surface area contributed by atoms with Gasteiger partial charge in [0.15, 0.2) is 11.5 Å². The molecule has 5 nitrogen and oxygen atoms in total. The van der Waals surface area contributed by atoms with Gasteiger partial charge in [-0.05, 0) is 48.6 Å². The number of pyridine rings is 1. The highest BCUT2D eigenvalue weighted by Crippen LogP contribution is 2.31. The van der Waals surface area contributed by atoms with Crippen molar-refractivity contribution < 1.29 is 9.47 Å². The molecule has 142 valence electrons. The topological polar surface area (TPSA) is 69.4 Å². The molecule has 3 N–H and O–H groups in total. The van der Waals surface area contributed by atoms with Gasteiger partial charge in [0.25, 0.3) is 0 Å². The zero-order valence-electron chi connectivity index (χ0n) is 16.5. The maximum absolute atomic E-state index is 5.86. The fourth-order valence-electron chi connectivity index (χ4n) is 2.44. The van der Waals surface area contributed by atoms with E-state index in [1.165, 1.54) is 0 Å². The van der Waals surface area contributed by atoms with Crippen molar-refractivity contribution in [2.75, 3.05) is 13.7 Å². The van der Waals surface area contributed by atoms with E-state index in [1.807, 2.05) is 37.3 Å². The fourth-order valence-corrected chi connectivity index (χ4v) is 2.44. The summed E-state index contributed by atoms with van der Waals surface area (Å²) in [6.07, 6.45) is 2.87. The van der Waals surface area contributed by atoms with E-state index in [0.29, 0.717) is 22.8 Å². The van der Waals surface area contributed by atoms with Crippen LogP contribution in [0.3, 0.4) is 0 Å². The highest BCUT2D eigenvalue weighted by Gasteiger charge is 2.10. The molecule has 1 atom stereocenters. The Morgan fingerprint density at radius 2 is 1.92 bits per heavy atom. The van der Waals surface area contributed by atoms with Crippen LogP contribution >= 0.6 is 0 Å². The lowest BCUT2D eigenvalue weighted by molar-refractivity contribution is 0.365. The Hall–Kier alpha value is -2.11. The molecule has 0 aliphatic rings. The minimum absolute atomic E-state index is 0.0452. The van der Waals surface area contributed by atoms with E-state index in [-0.39, 0.29) is 6.04 Å². The highest BCUT2D eigenvalue weighted by molar-refractivity contribution is 5.44. The molecule has 0 amide bonds. The first kappa shape index (κ1) is 20.2. The van der Waals surface area contributed by atoms with Gasteiger partial charge in [-0.15, -0.1) is 0 Å². The van der Waals surface area contributed by atoms with Crippen molar-refractivity contribution in [3.8, 4) is 17.4 Å². The highest BCUT2D eigenvalue weighted by atomic mass is 16.5. The van der Waals surface area contributed by atoms with Crippen molar-refractivity contribution in [2.24, 2.45) is 11.1 Å². The Kier molecular flexibility index (Phi) is 7.00. The average molecular weight is 357 g/mol. The number of nitrogens with one attached hydrogen (secondary N) is 1. The Bertz CT molecular complexity index is 691. The van der Waals surface area contributed by atoms with E-state index >= 15 is 0 Å². The van der Waals surface area contributed by atoms with Gasteiger partial charge in [0.05, 0.1) is 7.11 Å². The number of ether oxygens (including phenoxy) is 2. The van der Waals surface area contributed by atoms with Crippen LogP contribution in [0.4, 0.5) is 0 Å². The largest absolute Gasteiger partial charge is 0.493 e. The van der Waals surface area contributed by atoms with Gasteiger partial charge in [-0.3, -0.25) is 0 Å². The summed E-state index contributed by atoms with van der Waals surface area (Å²) in [5.41, 5.74) is 8.31. The number of hydrogen-bond donors (Lipinski definition) is 2. The van der Waals surface area contributed by atoms with Crippen LogP contribution in [0.25, 0.3) is 0 Å². The Morgan fingerprint density at radius 3 is 2.50 bits per heavy atom. The first-order chi connectivity index (χ1) is 12.3. The molecule has 0 aliphatic heterocycles.